The summed E-state index contributed by atoms with van der Waals surface area (Å²) in [6, 6.07) is -0.153. The van der Waals surface area contributed by atoms with Gasteiger partial charge in [0.1, 0.15) is 0 Å². The Morgan fingerprint density at radius 2 is 1.45 bits per heavy atom. The smallest absolute Gasteiger partial charge is 0.317 e. The highest BCUT2D eigenvalue weighted by molar-refractivity contribution is 5.75. The minimum atomic E-state index is -0.888. The van der Waals surface area contributed by atoms with Crippen LogP contribution in [0.5, 0.6) is 0 Å². The number of urea groups is 1. The average Bonchev–Trinajstić information content (AvgIpc) is 2.34. The summed E-state index contributed by atoms with van der Waals surface area (Å²) in [6.07, 6.45) is 1.92. The average molecular weight is 286 g/mol. The van der Waals surface area contributed by atoms with Crippen molar-refractivity contribution in [2.75, 3.05) is 19.6 Å². The number of rotatable bonds is 9. The van der Waals surface area contributed by atoms with E-state index >= 15 is 0 Å². The molecule has 2 N–H and O–H groups in total. The quantitative estimate of drug-likeness (QED) is 0.684. The molecule has 0 saturated carbocycles. The molecule has 0 fully saturated rings. The molecule has 20 heavy (non-hydrogen) atoms. The van der Waals surface area contributed by atoms with Crippen LogP contribution in [0.3, 0.4) is 0 Å². The molecule has 0 spiro atoms. The molecule has 5 heteroatoms. The van der Waals surface area contributed by atoms with Gasteiger partial charge >= 0.3 is 12.0 Å². The maximum Gasteiger partial charge on any atom is 0.317 e. The molecule has 0 aromatic rings. The summed E-state index contributed by atoms with van der Waals surface area (Å²) in [7, 11) is 0. The van der Waals surface area contributed by atoms with Crippen LogP contribution in [0.1, 0.15) is 47.5 Å². The van der Waals surface area contributed by atoms with Gasteiger partial charge in [-0.1, -0.05) is 34.6 Å². The summed E-state index contributed by atoms with van der Waals surface area (Å²) in [5, 5.41) is 11.5. The van der Waals surface area contributed by atoms with Gasteiger partial charge in [-0.05, 0) is 24.7 Å². The lowest BCUT2D eigenvalue weighted by Crippen LogP contribution is -2.43. The van der Waals surface area contributed by atoms with Crippen molar-refractivity contribution in [2.45, 2.75) is 47.5 Å². The molecular formula is C15H30N2O3. The molecule has 0 aliphatic rings. The third kappa shape index (κ3) is 8.77. The second-order valence-corrected chi connectivity index (χ2v) is 6.28. The second-order valence-electron chi connectivity index (χ2n) is 6.28. The lowest BCUT2D eigenvalue weighted by atomic mass is 10.1. The topological polar surface area (TPSA) is 69.6 Å². The third-order valence-corrected chi connectivity index (χ3v) is 3.22. The van der Waals surface area contributed by atoms with Crippen LogP contribution >= 0.6 is 0 Å². The Morgan fingerprint density at radius 3 is 1.80 bits per heavy atom. The van der Waals surface area contributed by atoms with Crippen LogP contribution in [-0.4, -0.2) is 41.6 Å². The van der Waals surface area contributed by atoms with Crippen LogP contribution < -0.4 is 5.32 Å². The van der Waals surface area contributed by atoms with E-state index in [1.165, 1.54) is 0 Å². The molecule has 0 heterocycles. The van der Waals surface area contributed by atoms with Gasteiger partial charge in [0.05, 0.1) is 5.92 Å². The van der Waals surface area contributed by atoms with Crippen LogP contribution in [0.4, 0.5) is 4.79 Å². The molecule has 0 aliphatic carbocycles. The Morgan fingerprint density at radius 1 is 1.00 bits per heavy atom. The van der Waals surface area contributed by atoms with Crippen LogP contribution in [0.15, 0.2) is 0 Å². The van der Waals surface area contributed by atoms with Gasteiger partial charge in [-0.25, -0.2) is 4.79 Å². The molecule has 118 valence electrons. The van der Waals surface area contributed by atoms with E-state index in [1.54, 1.807) is 11.8 Å². The number of carbonyl (C=O) groups excluding carboxylic acids is 1. The number of carboxylic acid groups (broad SMARTS) is 1. The zero-order chi connectivity index (χ0) is 15.7. The highest BCUT2D eigenvalue weighted by atomic mass is 16.4. The van der Waals surface area contributed by atoms with Crippen molar-refractivity contribution in [1.29, 1.82) is 0 Å². The molecule has 0 aliphatic heterocycles. The Bertz CT molecular complexity index is 291. The van der Waals surface area contributed by atoms with Gasteiger partial charge < -0.3 is 15.3 Å². The van der Waals surface area contributed by atoms with E-state index in [-0.39, 0.29) is 12.6 Å². The zero-order valence-corrected chi connectivity index (χ0v) is 13.5. The van der Waals surface area contributed by atoms with E-state index in [9.17, 15) is 9.59 Å². The number of nitrogens with zero attached hydrogens (tertiary/aromatic N) is 1. The van der Waals surface area contributed by atoms with E-state index in [2.05, 4.69) is 33.0 Å². The first kappa shape index (κ1) is 18.7. The van der Waals surface area contributed by atoms with E-state index < -0.39 is 11.9 Å². The number of nitrogens with one attached hydrogen (secondary N) is 1. The van der Waals surface area contributed by atoms with Gasteiger partial charge in [0, 0.05) is 19.6 Å². The predicted molar refractivity (Wildman–Crippen MR) is 80.7 cm³/mol. The van der Waals surface area contributed by atoms with Crippen LogP contribution in [0.2, 0.25) is 0 Å². The Labute approximate surface area is 122 Å². The van der Waals surface area contributed by atoms with Crippen molar-refractivity contribution in [3.63, 3.8) is 0 Å². The van der Waals surface area contributed by atoms with Crippen molar-refractivity contribution >= 4 is 12.0 Å². The normalized spacial score (nSPS) is 12.6. The first-order chi connectivity index (χ1) is 9.23. The summed E-state index contributed by atoms with van der Waals surface area (Å²) in [6.45, 7) is 11.7. The lowest BCUT2D eigenvalue weighted by molar-refractivity contribution is -0.140. The van der Waals surface area contributed by atoms with Gasteiger partial charge in [0.2, 0.25) is 0 Å². The predicted octanol–water partition coefficient (Wildman–Crippen LogP) is 2.81. The highest BCUT2D eigenvalue weighted by Gasteiger charge is 2.17. The van der Waals surface area contributed by atoms with Crippen molar-refractivity contribution in [3.8, 4) is 0 Å². The second kappa shape index (κ2) is 9.61. The molecule has 5 nitrogen and oxygen atoms in total. The first-order valence-electron chi connectivity index (χ1n) is 7.49. The monoisotopic (exact) mass is 286 g/mol. The molecule has 0 radical (unpaired) electrons. The highest BCUT2D eigenvalue weighted by Crippen LogP contribution is 2.07. The summed E-state index contributed by atoms with van der Waals surface area (Å²) >= 11 is 0. The summed E-state index contributed by atoms with van der Waals surface area (Å²) in [4.78, 5) is 24.7. The van der Waals surface area contributed by atoms with Crippen LogP contribution in [0, 0.1) is 17.8 Å². The number of hydrogen-bond acceptors (Lipinski definition) is 2. The number of aliphatic carboxylic acids is 1. The van der Waals surface area contributed by atoms with Crippen molar-refractivity contribution < 1.29 is 14.7 Å². The fraction of sp³-hybridized carbons (Fsp3) is 0.867. The lowest BCUT2D eigenvalue weighted by Gasteiger charge is -2.25. The molecule has 1 atom stereocenters. The molecule has 0 aromatic heterocycles. The zero-order valence-electron chi connectivity index (χ0n) is 13.5. The molecule has 0 rings (SSSR count). The van der Waals surface area contributed by atoms with Crippen molar-refractivity contribution in [3.05, 3.63) is 0 Å². The standard InChI is InChI=1S/C15H30N2O3/c1-11(2)6-8-17(9-7-12(3)4)15(20)16-10-13(5)14(18)19/h11-13H,6-10H2,1-5H3,(H,16,20)(H,18,19). The van der Waals surface area contributed by atoms with Crippen LogP contribution in [-0.2, 0) is 4.79 Å². The SMILES string of the molecule is CC(C)CCN(CCC(C)C)C(=O)NCC(C)C(=O)O. The number of hydrogen-bond donors (Lipinski definition) is 2. The maximum atomic E-state index is 12.1. The minimum absolute atomic E-state index is 0.153. The Kier molecular flexibility index (Phi) is 9.01. The van der Waals surface area contributed by atoms with Crippen molar-refractivity contribution in [2.24, 2.45) is 17.8 Å². The number of carbonyl (C=O) groups is 2. The fourth-order valence-corrected chi connectivity index (χ4v) is 1.58. The van der Waals surface area contributed by atoms with E-state index in [0.29, 0.717) is 11.8 Å². The largest absolute Gasteiger partial charge is 0.481 e. The third-order valence-electron chi connectivity index (χ3n) is 3.22. The van der Waals surface area contributed by atoms with E-state index in [1.807, 2.05) is 0 Å². The molecule has 0 bridgehead atoms. The van der Waals surface area contributed by atoms with Gasteiger partial charge in [0.15, 0.2) is 0 Å². The van der Waals surface area contributed by atoms with E-state index in [4.69, 9.17) is 5.11 Å². The molecule has 1 unspecified atom stereocenters. The Balaban J connectivity index is 4.34. The maximum absolute atomic E-state index is 12.1. The summed E-state index contributed by atoms with van der Waals surface area (Å²) < 4.78 is 0. The molecular weight excluding hydrogens is 256 g/mol. The van der Waals surface area contributed by atoms with Crippen LogP contribution in [0.25, 0.3) is 0 Å². The number of carboxylic acids is 1. The number of amides is 2. The first-order valence-corrected chi connectivity index (χ1v) is 7.49. The van der Waals surface area contributed by atoms with Crippen molar-refractivity contribution in [1.82, 2.24) is 10.2 Å². The molecule has 0 saturated heterocycles. The van der Waals surface area contributed by atoms with Gasteiger partial charge in [-0.15, -0.1) is 0 Å². The molecule has 0 aromatic carbocycles. The Hall–Kier alpha value is -1.26. The van der Waals surface area contributed by atoms with Gasteiger partial charge in [0.25, 0.3) is 0 Å². The summed E-state index contributed by atoms with van der Waals surface area (Å²) in [5.41, 5.74) is 0. The van der Waals surface area contributed by atoms with Gasteiger partial charge in [-0.2, -0.15) is 0 Å². The fourth-order valence-electron chi connectivity index (χ4n) is 1.58. The minimum Gasteiger partial charge on any atom is -0.481 e. The molecule has 2 amide bonds. The summed E-state index contributed by atoms with van der Waals surface area (Å²) in [5.74, 6) is -0.359. The van der Waals surface area contributed by atoms with Gasteiger partial charge in [-0.3, -0.25) is 4.79 Å². The van der Waals surface area contributed by atoms with E-state index in [0.717, 1.165) is 25.9 Å².